The molecule has 2 rings (SSSR count). The molecular weight excluding hydrogens is 238 g/mol. The van der Waals surface area contributed by atoms with Gasteiger partial charge >= 0.3 is 0 Å². The van der Waals surface area contributed by atoms with E-state index < -0.39 is 10.2 Å². The SMILES string of the molecule is CCCCS1(N(C)C)C=CC(c2ccccc2)=C1. The normalized spacial score (nSPS) is 26.1. The van der Waals surface area contributed by atoms with Crippen LogP contribution in [0.2, 0.25) is 0 Å². The highest BCUT2D eigenvalue weighted by Crippen LogP contribution is 2.58. The molecule has 1 aromatic carbocycles. The van der Waals surface area contributed by atoms with Gasteiger partial charge in [0, 0.05) is 0 Å². The molecule has 0 N–H and O–H groups in total. The lowest BCUT2D eigenvalue weighted by molar-refractivity contribution is 0.683. The quantitative estimate of drug-likeness (QED) is 0.746. The molecule has 2 heteroatoms. The number of benzene rings is 1. The van der Waals surface area contributed by atoms with Crippen LogP contribution < -0.4 is 0 Å². The van der Waals surface area contributed by atoms with Crippen molar-refractivity contribution >= 4 is 15.8 Å². The van der Waals surface area contributed by atoms with Crippen molar-refractivity contribution < 1.29 is 0 Å². The molecule has 1 unspecified atom stereocenters. The standard InChI is InChI=1S/C16H23NS/c1-4-5-12-18(17(2)3)13-11-16(14-18)15-9-7-6-8-10-15/h6-11,13-14H,4-5,12H2,1-3H3. The summed E-state index contributed by atoms with van der Waals surface area (Å²) in [5.74, 6) is 1.28. The van der Waals surface area contributed by atoms with Crippen LogP contribution in [0.4, 0.5) is 0 Å². The van der Waals surface area contributed by atoms with Gasteiger partial charge in [0.05, 0.1) is 0 Å². The molecule has 0 bridgehead atoms. The molecule has 1 heterocycles. The van der Waals surface area contributed by atoms with Gasteiger partial charge in [-0.2, -0.15) is 0 Å². The fourth-order valence-electron chi connectivity index (χ4n) is 2.20. The minimum atomic E-state index is -0.847. The van der Waals surface area contributed by atoms with Gasteiger partial charge < -0.3 is 0 Å². The first-order chi connectivity index (χ1) is 8.68. The Labute approximate surface area is 113 Å². The van der Waals surface area contributed by atoms with E-state index in [2.05, 4.69) is 72.5 Å². The molecule has 18 heavy (non-hydrogen) atoms. The fraction of sp³-hybridized carbons (Fsp3) is 0.375. The van der Waals surface area contributed by atoms with Crippen molar-refractivity contribution in [1.82, 2.24) is 4.31 Å². The molecule has 1 aliphatic rings. The first kappa shape index (κ1) is 13.4. The van der Waals surface area contributed by atoms with E-state index in [1.54, 1.807) is 0 Å². The van der Waals surface area contributed by atoms with Crippen LogP contribution in [0.25, 0.3) is 5.57 Å². The van der Waals surface area contributed by atoms with Gasteiger partial charge in [-0.1, -0.05) is 43.7 Å². The lowest BCUT2D eigenvalue weighted by Gasteiger charge is -2.38. The lowest BCUT2D eigenvalue weighted by Crippen LogP contribution is -2.17. The maximum absolute atomic E-state index is 2.50. The van der Waals surface area contributed by atoms with Crippen molar-refractivity contribution in [3.05, 3.63) is 52.8 Å². The molecular formula is C16H23NS. The Balaban J connectivity index is 2.26. The van der Waals surface area contributed by atoms with Crippen molar-refractivity contribution in [3.63, 3.8) is 0 Å². The molecule has 1 nitrogen and oxygen atoms in total. The number of rotatable bonds is 5. The second kappa shape index (κ2) is 5.77. The summed E-state index contributed by atoms with van der Waals surface area (Å²) in [7, 11) is 3.57. The van der Waals surface area contributed by atoms with E-state index in [9.17, 15) is 0 Å². The minimum Gasteiger partial charge on any atom is -0.267 e. The van der Waals surface area contributed by atoms with Gasteiger partial charge in [0.15, 0.2) is 0 Å². The van der Waals surface area contributed by atoms with Gasteiger partial charge in [0.1, 0.15) is 0 Å². The first-order valence-corrected chi connectivity index (χ1v) is 8.50. The zero-order valence-electron chi connectivity index (χ0n) is 11.6. The molecule has 0 aromatic heterocycles. The summed E-state index contributed by atoms with van der Waals surface area (Å²) in [4.78, 5) is 0. The zero-order chi connectivity index (χ0) is 13.0. The van der Waals surface area contributed by atoms with E-state index in [-0.39, 0.29) is 0 Å². The van der Waals surface area contributed by atoms with Crippen molar-refractivity contribution in [2.45, 2.75) is 19.8 Å². The highest BCUT2D eigenvalue weighted by molar-refractivity contribution is 8.36. The third-order valence-corrected chi connectivity index (χ3v) is 7.00. The average Bonchev–Trinajstić information content (AvgIpc) is 2.83. The number of hydrogen-bond acceptors (Lipinski definition) is 1. The zero-order valence-corrected chi connectivity index (χ0v) is 12.4. The highest BCUT2D eigenvalue weighted by atomic mass is 32.3. The van der Waals surface area contributed by atoms with E-state index in [1.807, 2.05) is 0 Å². The van der Waals surface area contributed by atoms with E-state index in [0.717, 1.165) is 0 Å². The van der Waals surface area contributed by atoms with E-state index in [0.29, 0.717) is 0 Å². The second-order valence-corrected chi connectivity index (χ2v) is 8.19. The largest absolute Gasteiger partial charge is 0.267 e. The van der Waals surface area contributed by atoms with Gasteiger partial charge in [-0.05, 0) is 54.3 Å². The van der Waals surface area contributed by atoms with Crippen LogP contribution in [0, 0.1) is 0 Å². The first-order valence-electron chi connectivity index (χ1n) is 6.62. The van der Waals surface area contributed by atoms with E-state index >= 15 is 0 Å². The molecule has 1 aromatic rings. The van der Waals surface area contributed by atoms with Gasteiger partial charge in [0.25, 0.3) is 0 Å². The minimum absolute atomic E-state index is 0.847. The Bertz CT molecular complexity index is 447. The van der Waals surface area contributed by atoms with E-state index in [4.69, 9.17) is 0 Å². The molecule has 0 fully saturated rings. The Morgan fingerprint density at radius 1 is 1.11 bits per heavy atom. The summed E-state index contributed by atoms with van der Waals surface area (Å²) in [5.41, 5.74) is 2.72. The van der Waals surface area contributed by atoms with Crippen LogP contribution in [-0.2, 0) is 0 Å². The number of hydrogen-bond donors (Lipinski definition) is 0. The molecule has 0 aliphatic carbocycles. The highest BCUT2D eigenvalue weighted by Gasteiger charge is 2.25. The average molecular weight is 261 g/mol. The van der Waals surface area contributed by atoms with Gasteiger partial charge in [-0.15, -0.1) is 10.2 Å². The fourth-order valence-corrected chi connectivity index (χ4v) is 5.14. The van der Waals surface area contributed by atoms with Gasteiger partial charge in [-0.25, -0.2) is 0 Å². The van der Waals surface area contributed by atoms with Gasteiger partial charge in [0.2, 0.25) is 0 Å². The van der Waals surface area contributed by atoms with Crippen LogP contribution in [0.3, 0.4) is 0 Å². The molecule has 1 aliphatic heterocycles. The van der Waals surface area contributed by atoms with Crippen molar-refractivity contribution in [3.8, 4) is 0 Å². The topological polar surface area (TPSA) is 3.24 Å². The summed E-state index contributed by atoms with van der Waals surface area (Å²) in [6.45, 7) is 2.27. The molecule has 98 valence electrons. The molecule has 1 atom stereocenters. The Morgan fingerprint density at radius 2 is 1.83 bits per heavy atom. The monoisotopic (exact) mass is 261 g/mol. The molecule has 0 saturated heterocycles. The second-order valence-electron chi connectivity index (χ2n) is 4.92. The summed E-state index contributed by atoms with van der Waals surface area (Å²) in [6, 6.07) is 10.7. The number of nitrogens with zero attached hydrogens (tertiary/aromatic N) is 1. The maximum atomic E-state index is 2.50. The number of unbranched alkanes of at least 4 members (excludes halogenated alkanes) is 1. The predicted octanol–water partition coefficient (Wildman–Crippen LogP) is 4.64. The molecule has 0 radical (unpaired) electrons. The van der Waals surface area contributed by atoms with Crippen molar-refractivity contribution in [2.24, 2.45) is 0 Å². The lowest BCUT2D eigenvalue weighted by atomic mass is 10.1. The van der Waals surface area contributed by atoms with Crippen molar-refractivity contribution in [2.75, 3.05) is 19.8 Å². The van der Waals surface area contributed by atoms with Crippen LogP contribution >= 0.6 is 10.2 Å². The summed E-state index contributed by atoms with van der Waals surface area (Å²) < 4.78 is 2.41. The molecule has 0 amide bonds. The summed E-state index contributed by atoms with van der Waals surface area (Å²) in [5, 5.41) is 4.93. The smallest absolute Gasteiger partial charge is 0.00363 e. The van der Waals surface area contributed by atoms with Crippen LogP contribution in [0.1, 0.15) is 25.3 Å². The van der Waals surface area contributed by atoms with Crippen LogP contribution in [0.15, 0.2) is 47.2 Å². The number of allylic oxidation sites excluding steroid dienone is 2. The van der Waals surface area contributed by atoms with Crippen molar-refractivity contribution in [1.29, 1.82) is 0 Å². The summed E-state index contributed by atoms with van der Waals surface area (Å²) >= 11 is 0. The predicted molar refractivity (Wildman–Crippen MR) is 84.6 cm³/mol. The summed E-state index contributed by atoms with van der Waals surface area (Å²) in [6.07, 6.45) is 4.88. The van der Waals surface area contributed by atoms with Crippen LogP contribution in [-0.4, -0.2) is 24.2 Å². The van der Waals surface area contributed by atoms with Gasteiger partial charge in [-0.3, -0.25) is 4.31 Å². The van der Waals surface area contributed by atoms with E-state index in [1.165, 1.54) is 29.7 Å². The molecule has 0 saturated carbocycles. The Morgan fingerprint density at radius 3 is 2.44 bits per heavy atom. The van der Waals surface area contributed by atoms with Crippen LogP contribution in [0.5, 0.6) is 0 Å². The Hall–Kier alpha value is -0.990. The maximum Gasteiger partial charge on any atom is -0.00363 e. The third kappa shape index (κ3) is 2.70. The Kier molecular flexibility index (Phi) is 4.31. The third-order valence-electron chi connectivity index (χ3n) is 3.43. The molecule has 0 spiro atoms.